The van der Waals surface area contributed by atoms with E-state index in [-0.39, 0.29) is 24.9 Å². The number of carbonyl (C=O) groups excluding carboxylic acids is 1. The maximum absolute atomic E-state index is 13.1. The molecule has 0 spiro atoms. The molecule has 2 unspecified atom stereocenters. The first-order valence-electron chi connectivity index (χ1n) is 21.0. The van der Waals surface area contributed by atoms with Gasteiger partial charge in [0.15, 0.2) is 12.5 Å². The molecule has 0 bridgehead atoms. The zero-order chi connectivity index (χ0) is 36.8. The van der Waals surface area contributed by atoms with Gasteiger partial charge in [-0.2, -0.15) is 0 Å². The van der Waals surface area contributed by atoms with Crippen molar-refractivity contribution in [1.82, 2.24) is 5.32 Å². The molecule has 1 saturated heterocycles. The highest BCUT2D eigenvalue weighted by Gasteiger charge is 2.46. The fourth-order valence-corrected chi connectivity index (χ4v) is 8.27. The number of carbonyl (C=O) groups is 1. The highest BCUT2D eigenvalue weighted by molar-refractivity contribution is 5.76. The SMILES string of the molecule is CCCCCCCCCCCCCC[C@@H](O)[C@@H](O)[C@@H](NC(=O)CC1CCCC1)O[C@H]1OC(COCCC2CCC(CCN)CC2)[C@@H](O)[C@H](O)C1O. The lowest BCUT2D eigenvalue weighted by atomic mass is 9.79. The summed E-state index contributed by atoms with van der Waals surface area (Å²) in [6.07, 6.45) is 14.5. The van der Waals surface area contributed by atoms with Crippen LogP contribution in [0, 0.1) is 17.8 Å². The Kier molecular flexibility index (Phi) is 22.7. The molecule has 1 heterocycles. The zero-order valence-electron chi connectivity index (χ0n) is 31.9. The summed E-state index contributed by atoms with van der Waals surface area (Å²) >= 11 is 0. The molecule has 8 N–H and O–H groups in total. The molecule has 11 nitrogen and oxygen atoms in total. The molecule has 0 aromatic heterocycles. The highest BCUT2D eigenvalue weighted by atomic mass is 16.7. The van der Waals surface area contributed by atoms with Crippen LogP contribution in [0.15, 0.2) is 0 Å². The fourth-order valence-electron chi connectivity index (χ4n) is 8.27. The predicted octanol–water partition coefficient (Wildman–Crippen LogP) is 5.21. The van der Waals surface area contributed by atoms with Gasteiger partial charge in [0.1, 0.15) is 30.5 Å². The number of ether oxygens (including phenoxy) is 3. The summed E-state index contributed by atoms with van der Waals surface area (Å²) in [4.78, 5) is 13.1. The largest absolute Gasteiger partial charge is 0.390 e. The van der Waals surface area contributed by atoms with Gasteiger partial charge in [-0.25, -0.2) is 0 Å². The first-order chi connectivity index (χ1) is 24.7. The Labute approximate surface area is 308 Å². The molecule has 300 valence electrons. The first-order valence-corrected chi connectivity index (χ1v) is 21.0. The highest BCUT2D eigenvalue weighted by Crippen LogP contribution is 2.33. The third kappa shape index (κ3) is 17.0. The molecule has 51 heavy (non-hydrogen) atoms. The van der Waals surface area contributed by atoms with Crippen molar-refractivity contribution in [2.45, 2.75) is 210 Å². The molecule has 1 amide bonds. The van der Waals surface area contributed by atoms with Crippen LogP contribution in [0.25, 0.3) is 0 Å². The van der Waals surface area contributed by atoms with Gasteiger partial charge < -0.3 is 50.8 Å². The number of aliphatic hydroxyl groups excluding tert-OH is 5. The van der Waals surface area contributed by atoms with Crippen LogP contribution in [-0.4, -0.2) is 100 Å². The van der Waals surface area contributed by atoms with Crippen molar-refractivity contribution in [2.24, 2.45) is 23.5 Å². The van der Waals surface area contributed by atoms with Gasteiger partial charge in [0.05, 0.1) is 12.7 Å². The van der Waals surface area contributed by atoms with Crippen molar-refractivity contribution < 1.29 is 44.5 Å². The Morgan fingerprint density at radius 1 is 0.765 bits per heavy atom. The van der Waals surface area contributed by atoms with Crippen molar-refractivity contribution >= 4 is 5.91 Å². The maximum Gasteiger partial charge on any atom is 0.222 e. The minimum atomic E-state index is -1.64. The van der Waals surface area contributed by atoms with Crippen LogP contribution in [0.4, 0.5) is 0 Å². The number of unbranched alkanes of at least 4 members (excludes halogenated alkanes) is 11. The Morgan fingerprint density at radius 3 is 1.92 bits per heavy atom. The van der Waals surface area contributed by atoms with Crippen molar-refractivity contribution in [3.8, 4) is 0 Å². The molecular weight excluding hydrogens is 652 g/mol. The molecule has 3 rings (SSSR count). The Hall–Kier alpha value is -0.890. The summed E-state index contributed by atoms with van der Waals surface area (Å²) in [5.74, 6) is 1.24. The van der Waals surface area contributed by atoms with Gasteiger partial charge in [-0.3, -0.25) is 4.79 Å². The molecule has 1 aliphatic heterocycles. The predicted molar refractivity (Wildman–Crippen MR) is 199 cm³/mol. The van der Waals surface area contributed by atoms with Crippen LogP contribution < -0.4 is 11.1 Å². The third-order valence-electron chi connectivity index (χ3n) is 11.8. The summed E-state index contributed by atoms with van der Waals surface area (Å²) in [5, 5.41) is 57.2. The lowest BCUT2D eigenvalue weighted by molar-refractivity contribution is -0.322. The van der Waals surface area contributed by atoms with Crippen LogP contribution in [0.5, 0.6) is 0 Å². The number of hydrogen-bond acceptors (Lipinski definition) is 10. The standard InChI is InChI=1S/C40H76N2O9/c1-2-3-4-5-6-7-8-9-10-11-12-13-18-32(43)35(45)39(42-34(44)27-31-16-14-15-17-31)51-40-38(48)37(47)36(46)33(50-40)28-49-26-24-30-21-19-29(20-22-30)23-25-41/h29-33,35-40,43,45-48H,2-28,41H2,1H3,(H,42,44)/t29?,30?,32-,33?,35-,36-,37+,38?,39+,40-/m1/s1. The number of nitrogens with two attached hydrogens (primary N) is 1. The zero-order valence-corrected chi connectivity index (χ0v) is 31.9. The normalized spacial score (nSPS) is 29.2. The Bertz CT molecular complexity index is 886. The van der Waals surface area contributed by atoms with Crippen molar-refractivity contribution in [2.75, 3.05) is 19.8 Å². The van der Waals surface area contributed by atoms with Crippen molar-refractivity contribution in [1.29, 1.82) is 0 Å². The summed E-state index contributed by atoms with van der Waals surface area (Å²) in [6.45, 7) is 3.44. The molecule has 2 aliphatic carbocycles. The van der Waals surface area contributed by atoms with Gasteiger partial charge in [-0.05, 0) is 56.4 Å². The van der Waals surface area contributed by atoms with E-state index in [0.29, 0.717) is 24.9 Å². The van der Waals surface area contributed by atoms with E-state index >= 15 is 0 Å². The van der Waals surface area contributed by atoms with Crippen LogP contribution in [0.2, 0.25) is 0 Å². The number of amides is 1. The lowest BCUT2D eigenvalue weighted by Gasteiger charge is -2.42. The van der Waals surface area contributed by atoms with Crippen molar-refractivity contribution in [3.05, 3.63) is 0 Å². The van der Waals surface area contributed by atoms with E-state index in [4.69, 9.17) is 19.9 Å². The molecule has 2 saturated carbocycles. The van der Waals surface area contributed by atoms with E-state index in [1.807, 2.05) is 0 Å². The topological polar surface area (TPSA) is 184 Å². The second-order valence-corrected chi connectivity index (χ2v) is 16.1. The molecule has 3 aliphatic rings. The molecule has 0 radical (unpaired) electrons. The van der Waals surface area contributed by atoms with E-state index in [2.05, 4.69) is 12.2 Å². The van der Waals surface area contributed by atoms with E-state index in [1.165, 1.54) is 64.2 Å². The Morgan fingerprint density at radius 2 is 1.33 bits per heavy atom. The first kappa shape index (κ1) is 44.5. The summed E-state index contributed by atoms with van der Waals surface area (Å²) < 4.78 is 17.7. The van der Waals surface area contributed by atoms with Crippen LogP contribution >= 0.6 is 0 Å². The van der Waals surface area contributed by atoms with E-state index in [0.717, 1.165) is 83.6 Å². The van der Waals surface area contributed by atoms with Crippen LogP contribution in [0.3, 0.4) is 0 Å². The average molecular weight is 729 g/mol. The third-order valence-corrected chi connectivity index (χ3v) is 11.8. The van der Waals surface area contributed by atoms with Gasteiger partial charge in [0.25, 0.3) is 0 Å². The van der Waals surface area contributed by atoms with E-state index in [9.17, 15) is 30.3 Å². The number of nitrogens with one attached hydrogen (secondary N) is 1. The van der Waals surface area contributed by atoms with Gasteiger partial charge in [0, 0.05) is 13.0 Å². The van der Waals surface area contributed by atoms with Crippen LogP contribution in [-0.2, 0) is 19.0 Å². The summed E-state index contributed by atoms with van der Waals surface area (Å²) in [7, 11) is 0. The van der Waals surface area contributed by atoms with Gasteiger partial charge in [-0.1, -0.05) is 122 Å². The van der Waals surface area contributed by atoms with Gasteiger partial charge >= 0.3 is 0 Å². The number of aliphatic hydroxyl groups is 5. The van der Waals surface area contributed by atoms with E-state index < -0.39 is 49.1 Å². The quantitative estimate of drug-likeness (QED) is 0.0438. The smallest absolute Gasteiger partial charge is 0.222 e. The second kappa shape index (κ2) is 26.0. The Balaban J connectivity index is 1.46. The minimum absolute atomic E-state index is 0.0177. The van der Waals surface area contributed by atoms with E-state index in [1.54, 1.807) is 0 Å². The molecule has 11 heteroatoms. The minimum Gasteiger partial charge on any atom is -0.390 e. The molecular formula is C40H76N2O9. The fraction of sp³-hybridized carbons (Fsp3) is 0.975. The molecule has 0 aromatic rings. The number of rotatable bonds is 27. The monoisotopic (exact) mass is 729 g/mol. The summed E-state index contributed by atoms with van der Waals surface area (Å²) in [5.41, 5.74) is 5.72. The van der Waals surface area contributed by atoms with Crippen LogP contribution in [0.1, 0.15) is 161 Å². The lowest BCUT2D eigenvalue weighted by Crippen LogP contribution is -2.62. The second-order valence-electron chi connectivity index (χ2n) is 16.1. The maximum atomic E-state index is 13.1. The molecule has 8 atom stereocenters. The molecule has 3 fully saturated rings. The average Bonchev–Trinajstić information content (AvgIpc) is 3.64. The number of hydrogen-bond donors (Lipinski definition) is 7. The molecule has 0 aromatic carbocycles. The van der Waals surface area contributed by atoms with Gasteiger partial charge in [0.2, 0.25) is 5.91 Å². The summed E-state index contributed by atoms with van der Waals surface area (Å²) in [6, 6.07) is 0. The van der Waals surface area contributed by atoms with Crippen molar-refractivity contribution in [3.63, 3.8) is 0 Å². The van der Waals surface area contributed by atoms with Gasteiger partial charge in [-0.15, -0.1) is 0 Å².